The molecular weight excluding hydrogens is 320 g/mol. The first-order valence-corrected chi connectivity index (χ1v) is 7.81. The van der Waals surface area contributed by atoms with E-state index in [4.69, 9.17) is 9.47 Å². The van der Waals surface area contributed by atoms with Crippen LogP contribution in [0, 0.1) is 0 Å². The van der Waals surface area contributed by atoms with Gasteiger partial charge in [-0.1, -0.05) is 17.4 Å². The molecule has 0 bridgehead atoms. The summed E-state index contributed by atoms with van der Waals surface area (Å²) >= 11 is 0. The molecule has 2 rings (SSSR count). The zero-order chi connectivity index (χ0) is 18.1. The highest BCUT2D eigenvalue weighted by atomic mass is 16.5. The van der Waals surface area contributed by atoms with Gasteiger partial charge in [0.1, 0.15) is 30.3 Å². The van der Waals surface area contributed by atoms with Gasteiger partial charge >= 0.3 is 0 Å². The average Bonchev–Trinajstić information content (AvgIpc) is 3.07. The van der Waals surface area contributed by atoms with E-state index in [-0.39, 0.29) is 19.1 Å². The first-order valence-electron chi connectivity index (χ1n) is 7.81. The van der Waals surface area contributed by atoms with E-state index in [9.17, 15) is 4.79 Å². The van der Waals surface area contributed by atoms with Crippen LogP contribution in [0.15, 0.2) is 55.8 Å². The van der Waals surface area contributed by atoms with Gasteiger partial charge in [0, 0.05) is 13.1 Å². The smallest absolute Gasteiger partial charge is 0.244 e. The quantitative estimate of drug-likeness (QED) is 0.618. The van der Waals surface area contributed by atoms with E-state index in [1.165, 1.54) is 4.68 Å². The van der Waals surface area contributed by atoms with Gasteiger partial charge in [0.25, 0.3) is 0 Å². The number of hydrogen-bond donors (Lipinski definition) is 0. The lowest BCUT2D eigenvalue weighted by atomic mass is 10.3. The van der Waals surface area contributed by atoms with Crippen molar-refractivity contribution in [2.75, 3.05) is 20.2 Å². The molecule has 0 saturated carbocycles. The molecule has 7 nitrogen and oxygen atoms in total. The minimum absolute atomic E-state index is 0.0766. The Labute approximate surface area is 147 Å². The van der Waals surface area contributed by atoms with Gasteiger partial charge in [-0.25, -0.2) is 4.68 Å². The molecule has 0 spiro atoms. The van der Waals surface area contributed by atoms with Gasteiger partial charge in [0.05, 0.1) is 13.3 Å². The molecule has 0 atom stereocenters. The number of rotatable bonds is 10. The second-order valence-corrected chi connectivity index (χ2v) is 5.25. The van der Waals surface area contributed by atoms with E-state index in [0.717, 1.165) is 5.75 Å². The maximum Gasteiger partial charge on any atom is 0.244 e. The predicted molar refractivity (Wildman–Crippen MR) is 94.3 cm³/mol. The number of carbonyl (C=O) groups is 1. The first kappa shape index (κ1) is 18.3. The maximum atomic E-state index is 12.2. The van der Waals surface area contributed by atoms with E-state index in [0.29, 0.717) is 24.5 Å². The molecule has 1 aromatic heterocycles. The van der Waals surface area contributed by atoms with Crippen LogP contribution in [-0.2, 0) is 17.9 Å². The van der Waals surface area contributed by atoms with Crippen molar-refractivity contribution in [1.82, 2.24) is 19.9 Å². The van der Waals surface area contributed by atoms with Crippen molar-refractivity contribution in [2.24, 2.45) is 0 Å². The van der Waals surface area contributed by atoms with E-state index >= 15 is 0 Å². The van der Waals surface area contributed by atoms with Crippen molar-refractivity contribution >= 4 is 5.91 Å². The topological polar surface area (TPSA) is 69.5 Å². The fraction of sp³-hybridized carbons (Fsp3) is 0.278. The number of hydrogen-bond acceptors (Lipinski definition) is 5. The van der Waals surface area contributed by atoms with Crippen molar-refractivity contribution in [2.45, 2.75) is 13.2 Å². The van der Waals surface area contributed by atoms with Crippen molar-refractivity contribution in [3.63, 3.8) is 0 Å². The van der Waals surface area contributed by atoms with Crippen LogP contribution < -0.4 is 9.47 Å². The minimum atomic E-state index is -0.0766. The van der Waals surface area contributed by atoms with Gasteiger partial charge < -0.3 is 14.4 Å². The number of aromatic nitrogens is 3. The number of carbonyl (C=O) groups excluding carboxylic acids is 1. The van der Waals surface area contributed by atoms with Crippen molar-refractivity contribution < 1.29 is 14.3 Å². The molecule has 0 fully saturated rings. The number of nitrogens with zero attached hydrogens (tertiary/aromatic N) is 4. The zero-order valence-electron chi connectivity index (χ0n) is 14.3. The Balaban J connectivity index is 1.89. The molecule has 1 heterocycles. The highest BCUT2D eigenvalue weighted by Crippen LogP contribution is 2.17. The normalized spacial score (nSPS) is 10.1. The van der Waals surface area contributed by atoms with Crippen LogP contribution >= 0.6 is 0 Å². The third-order valence-corrected chi connectivity index (χ3v) is 3.38. The van der Waals surface area contributed by atoms with E-state index in [2.05, 4.69) is 23.5 Å². The van der Waals surface area contributed by atoms with Gasteiger partial charge in [-0.15, -0.1) is 18.3 Å². The van der Waals surface area contributed by atoms with Crippen LogP contribution in [0.4, 0.5) is 0 Å². The molecule has 1 aromatic carbocycles. The second-order valence-electron chi connectivity index (χ2n) is 5.25. The standard InChI is InChI=1S/C18H22N4O3/c1-4-10-21(11-5-2)18(23)13-22-12-15(19-20-22)14-25-17-8-6-16(24-3)7-9-17/h4-9,12H,1-2,10-11,13-14H2,3H3. The third-order valence-electron chi connectivity index (χ3n) is 3.38. The lowest BCUT2D eigenvalue weighted by Crippen LogP contribution is -2.34. The zero-order valence-corrected chi connectivity index (χ0v) is 14.3. The number of amides is 1. The maximum absolute atomic E-state index is 12.2. The molecule has 1 amide bonds. The monoisotopic (exact) mass is 342 g/mol. The summed E-state index contributed by atoms with van der Waals surface area (Å²) in [6.45, 7) is 8.61. The molecule has 0 radical (unpaired) electrons. The molecule has 2 aromatic rings. The summed E-state index contributed by atoms with van der Waals surface area (Å²) < 4.78 is 12.2. The Hall–Kier alpha value is -3.09. The number of benzene rings is 1. The molecule has 132 valence electrons. The van der Waals surface area contributed by atoms with E-state index in [1.54, 1.807) is 30.4 Å². The summed E-state index contributed by atoms with van der Waals surface area (Å²) in [4.78, 5) is 13.9. The Bertz CT molecular complexity index is 699. The fourth-order valence-electron chi connectivity index (χ4n) is 2.14. The first-order chi connectivity index (χ1) is 12.2. The largest absolute Gasteiger partial charge is 0.497 e. The lowest BCUT2D eigenvalue weighted by molar-refractivity contribution is -0.131. The molecule has 25 heavy (non-hydrogen) atoms. The van der Waals surface area contributed by atoms with Gasteiger partial charge in [-0.3, -0.25) is 4.79 Å². The van der Waals surface area contributed by atoms with Crippen LogP contribution in [0.5, 0.6) is 11.5 Å². The number of ether oxygens (including phenoxy) is 2. The Kier molecular flexibility index (Phi) is 6.76. The molecule has 0 saturated heterocycles. The molecule has 0 aliphatic heterocycles. The predicted octanol–water partition coefficient (Wildman–Crippen LogP) is 2.07. The Morgan fingerprint density at radius 1 is 1.20 bits per heavy atom. The summed E-state index contributed by atoms with van der Waals surface area (Å²) in [5.41, 5.74) is 0.641. The van der Waals surface area contributed by atoms with Gasteiger partial charge in [0.15, 0.2) is 0 Å². The minimum Gasteiger partial charge on any atom is -0.497 e. The molecule has 0 aliphatic rings. The van der Waals surface area contributed by atoms with Gasteiger partial charge in [-0.2, -0.15) is 0 Å². The van der Waals surface area contributed by atoms with E-state index < -0.39 is 0 Å². The molecule has 0 unspecified atom stereocenters. The highest BCUT2D eigenvalue weighted by molar-refractivity contribution is 5.76. The second kappa shape index (κ2) is 9.27. The highest BCUT2D eigenvalue weighted by Gasteiger charge is 2.12. The Morgan fingerprint density at radius 2 is 1.84 bits per heavy atom. The summed E-state index contributed by atoms with van der Waals surface area (Å²) in [6.07, 6.45) is 5.05. The van der Waals surface area contributed by atoms with Gasteiger partial charge in [-0.05, 0) is 24.3 Å². The molecule has 7 heteroatoms. The molecular formula is C18H22N4O3. The third kappa shape index (κ3) is 5.49. The van der Waals surface area contributed by atoms with Crippen LogP contribution in [0.1, 0.15) is 5.69 Å². The molecule has 0 aliphatic carbocycles. The molecule has 0 N–H and O–H groups in total. The average molecular weight is 342 g/mol. The van der Waals surface area contributed by atoms with Crippen LogP contribution in [0.2, 0.25) is 0 Å². The Morgan fingerprint density at radius 3 is 2.44 bits per heavy atom. The number of methoxy groups -OCH3 is 1. The summed E-state index contributed by atoms with van der Waals surface area (Å²) in [6, 6.07) is 7.27. The SMILES string of the molecule is C=CCN(CC=C)C(=O)Cn1cc(COc2ccc(OC)cc2)nn1. The van der Waals surface area contributed by atoms with Crippen LogP contribution in [-0.4, -0.2) is 46.0 Å². The summed E-state index contributed by atoms with van der Waals surface area (Å²) in [7, 11) is 1.61. The fourth-order valence-corrected chi connectivity index (χ4v) is 2.14. The van der Waals surface area contributed by atoms with Crippen LogP contribution in [0.3, 0.4) is 0 Å². The van der Waals surface area contributed by atoms with Gasteiger partial charge in [0.2, 0.25) is 5.91 Å². The van der Waals surface area contributed by atoms with E-state index in [1.807, 2.05) is 24.3 Å². The lowest BCUT2D eigenvalue weighted by Gasteiger charge is -2.18. The van der Waals surface area contributed by atoms with Crippen molar-refractivity contribution in [3.8, 4) is 11.5 Å². The van der Waals surface area contributed by atoms with Crippen molar-refractivity contribution in [1.29, 1.82) is 0 Å². The van der Waals surface area contributed by atoms with Crippen molar-refractivity contribution in [3.05, 3.63) is 61.5 Å². The summed E-state index contributed by atoms with van der Waals surface area (Å²) in [5.74, 6) is 1.39. The van der Waals surface area contributed by atoms with Crippen LogP contribution in [0.25, 0.3) is 0 Å². The summed E-state index contributed by atoms with van der Waals surface area (Å²) in [5, 5.41) is 7.99.